The molecule has 148 valence electrons. The molecule has 4 rings (SSSR count). The minimum absolute atomic E-state index is 0.0396. The Morgan fingerprint density at radius 3 is 2.59 bits per heavy atom. The molecular weight excluding hydrogens is 391 g/mol. The van der Waals surface area contributed by atoms with Crippen molar-refractivity contribution in [3.63, 3.8) is 0 Å². The summed E-state index contributed by atoms with van der Waals surface area (Å²) in [5.41, 5.74) is 0.162. The summed E-state index contributed by atoms with van der Waals surface area (Å²) in [6, 6.07) is 15.0. The Labute approximate surface area is 172 Å². The molecule has 0 spiro atoms. The molecule has 0 radical (unpaired) electrons. The van der Waals surface area contributed by atoms with Crippen molar-refractivity contribution in [1.29, 1.82) is 5.26 Å². The summed E-state index contributed by atoms with van der Waals surface area (Å²) >= 11 is 1.29. The van der Waals surface area contributed by atoms with Gasteiger partial charge in [0.25, 0.3) is 0 Å². The van der Waals surface area contributed by atoms with Crippen LogP contribution < -0.4 is 4.74 Å². The lowest BCUT2D eigenvalue weighted by Crippen LogP contribution is -2.48. The van der Waals surface area contributed by atoms with E-state index in [0.29, 0.717) is 34.1 Å². The number of thioether (sulfide) groups is 1. The van der Waals surface area contributed by atoms with Crippen LogP contribution in [0.1, 0.15) is 30.4 Å². The summed E-state index contributed by atoms with van der Waals surface area (Å²) in [5, 5.41) is 21.7. The van der Waals surface area contributed by atoms with Crippen LogP contribution in [0.25, 0.3) is 0 Å². The third kappa shape index (κ3) is 3.28. The van der Waals surface area contributed by atoms with Gasteiger partial charge < -0.3 is 9.84 Å². The molecule has 2 heterocycles. The minimum atomic E-state index is -1.53. The predicted octanol–water partition coefficient (Wildman–Crippen LogP) is 3.87. The smallest absolute Gasteiger partial charge is 0.231 e. The molecule has 2 aliphatic rings. The fourth-order valence-electron chi connectivity index (χ4n) is 3.80. The van der Waals surface area contributed by atoms with E-state index in [1.807, 2.05) is 6.92 Å². The fourth-order valence-corrected chi connectivity index (χ4v) is 5.16. The van der Waals surface area contributed by atoms with Crippen molar-refractivity contribution in [2.75, 3.05) is 12.4 Å². The topological polar surface area (TPSA) is 73.6 Å². The van der Waals surface area contributed by atoms with Gasteiger partial charge in [0.1, 0.15) is 11.6 Å². The van der Waals surface area contributed by atoms with Gasteiger partial charge in [0, 0.05) is 17.9 Å². The molecule has 5 nitrogen and oxygen atoms in total. The Bertz CT molecular complexity index is 1010. The molecule has 2 aromatic rings. The van der Waals surface area contributed by atoms with Gasteiger partial charge in [-0.05, 0) is 36.8 Å². The molecule has 0 bridgehead atoms. The van der Waals surface area contributed by atoms with Gasteiger partial charge in [0.2, 0.25) is 5.91 Å². The Hall–Kier alpha value is -2.82. The van der Waals surface area contributed by atoms with Crippen molar-refractivity contribution in [3.05, 3.63) is 76.1 Å². The summed E-state index contributed by atoms with van der Waals surface area (Å²) < 4.78 is 18.7. The number of benzene rings is 2. The molecule has 0 unspecified atom stereocenters. The summed E-state index contributed by atoms with van der Waals surface area (Å²) in [5.74, 6) is -0.183. The van der Waals surface area contributed by atoms with Crippen molar-refractivity contribution in [1.82, 2.24) is 4.90 Å². The van der Waals surface area contributed by atoms with Crippen LogP contribution in [-0.2, 0) is 10.5 Å². The first-order valence-electron chi connectivity index (χ1n) is 9.29. The van der Waals surface area contributed by atoms with Crippen LogP contribution >= 0.6 is 11.8 Å². The monoisotopic (exact) mass is 410 g/mol. The van der Waals surface area contributed by atoms with E-state index in [4.69, 9.17) is 4.74 Å². The number of nitriles is 1. The van der Waals surface area contributed by atoms with Crippen molar-refractivity contribution < 1.29 is 19.0 Å². The average molecular weight is 410 g/mol. The number of ether oxygens (including phenoxy) is 1. The molecule has 2 atom stereocenters. The standard InChI is InChI=1S/C22H19FN2O3S/c1-2-28-17-9-5-15(6-10-17)22(27)13-29-21-19(12-24)18(11-20(26)25(21)22)14-3-7-16(23)8-4-14/h3-10,18,27H,2,11,13H2,1H3/t18-,22+/m1/s1. The highest BCUT2D eigenvalue weighted by atomic mass is 32.2. The molecule has 2 aliphatic heterocycles. The van der Waals surface area contributed by atoms with Crippen LogP contribution in [0.3, 0.4) is 0 Å². The van der Waals surface area contributed by atoms with Crippen molar-refractivity contribution in [2.24, 2.45) is 0 Å². The Balaban J connectivity index is 1.73. The molecule has 1 amide bonds. The van der Waals surface area contributed by atoms with E-state index in [9.17, 15) is 19.6 Å². The first-order valence-corrected chi connectivity index (χ1v) is 10.3. The molecule has 1 fully saturated rings. The number of nitrogens with zero attached hydrogens (tertiary/aromatic N) is 2. The average Bonchev–Trinajstić information content (AvgIpc) is 3.08. The summed E-state index contributed by atoms with van der Waals surface area (Å²) in [6.45, 7) is 2.42. The maximum absolute atomic E-state index is 13.3. The highest BCUT2D eigenvalue weighted by molar-refractivity contribution is 8.03. The zero-order valence-electron chi connectivity index (χ0n) is 15.8. The lowest BCUT2D eigenvalue weighted by atomic mass is 9.85. The van der Waals surface area contributed by atoms with Gasteiger partial charge in [-0.25, -0.2) is 4.39 Å². The molecule has 7 heteroatoms. The number of hydrogen-bond donors (Lipinski definition) is 1. The maximum atomic E-state index is 13.3. The molecule has 0 aromatic heterocycles. The number of hydrogen-bond acceptors (Lipinski definition) is 5. The van der Waals surface area contributed by atoms with Gasteiger partial charge in [0.05, 0.1) is 29.0 Å². The van der Waals surface area contributed by atoms with Crippen molar-refractivity contribution in [3.8, 4) is 11.8 Å². The number of amides is 1. The normalized spacial score (nSPS) is 23.7. The maximum Gasteiger partial charge on any atom is 0.231 e. The zero-order valence-corrected chi connectivity index (χ0v) is 16.6. The highest BCUT2D eigenvalue weighted by Gasteiger charge is 2.51. The van der Waals surface area contributed by atoms with Crippen molar-refractivity contribution in [2.45, 2.75) is 25.0 Å². The first-order chi connectivity index (χ1) is 14.0. The molecule has 29 heavy (non-hydrogen) atoms. The summed E-state index contributed by atoms with van der Waals surface area (Å²) in [6.07, 6.45) is 0.0396. The van der Waals surface area contributed by atoms with Gasteiger partial charge in [0.15, 0.2) is 5.72 Å². The predicted molar refractivity (Wildman–Crippen MR) is 107 cm³/mol. The lowest BCUT2D eigenvalue weighted by Gasteiger charge is -2.38. The van der Waals surface area contributed by atoms with Gasteiger partial charge in [-0.15, -0.1) is 11.8 Å². The van der Waals surface area contributed by atoms with E-state index < -0.39 is 11.6 Å². The third-order valence-electron chi connectivity index (χ3n) is 5.21. The Morgan fingerprint density at radius 1 is 1.28 bits per heavy atom. The van der Waals surface area contributed by atoms with E-state index in [1.165, 1.54) is 28.8 Å². The SMILES string of the molecule is CCOc1ccc([C@@]2(O)CSC3=C(C#N)[C@@H](c4ccc(F)cc4)CC(=O)N32)cc1. The molecule has 1 saturated heterocycles. The van der Waals surface area contributed by atoms with Crippen LogP contribution in [0.5, 0.6) is 5.75 Å². The van der Waals surface area contributed by atoms with Gasteiger partial charge >= 0.3 is 0 Å². The summed E-state index contributed by atoms with van der Waals surface area (Å²) in [4.78, 5) is 14.4. The molecule has 1 N–H and O–H groups in total. The number of aliphatic hydroxyl groups is 1. The number of rotatable bonds is 4. The third-order valence-corrected chi connectivity index (χ3v) is 6.43. The number of carbonyl (C=O) groups excluding carboxylic acids is 1. The van der Waals surface area contributed by atoms with E-state index in [1.54, 1.807) is 36.4 Å². The quantitative estimate of drug-likeness (QED) is 0.828. The Morgan fingerprint density at radius 2 is 1.97 bits per heavy atom. The van der Waals surface area contributed by atoms with Crippen molar-refractivity contribution >= 4 is 17.7 Å². The largest absolute Gasteiger partial charge is 0.494 e. The van der Waals surface area contributed by atoms with Gasteiger partial charge in [-0.2, -0.15) is 5.26 Å². The fraction of sp³-hybridized carbons (Fsp3) is 0.273. The van der Waals surface area contributed by atoms with Crippen LogP contribution in [-0.4, -0.2) is 28.3 Å². The second kappa shape index (κ2) is 7.54. The molecule has 0 aliphatic carbocycles. The number of halogens is 1. The van der Waals surface area contributed by atoms with Crippen LogP contribution in [0.4, 0.5) is 4.39 Å². The second-order valence-corrected chi connectivity index (χ2v) is 7.89. The van der Waals surface area contributed by atoms with Crippen LogP contribution in [0, 0.1) is 17.1 Å². The molecule has 0 saturated carbocycles. The number of allylic oxidation sites excluding steroid dienone is 1. The van der Waals surface area contributed by atoms with Crippen LogP contribution in [0.15, 0.2) is 59.1 Å². The highest BCUT2D eigenvalue weighted by Crippen LogP contribution is 2.51. The minimum Gasteiger partial charge on any atom is -0.494 e. The van der Waals surface area contributed by atoms with Gasteiger partial charge in [-0.3, -0.25) is 9.69 Å². The van der Waals surface area contributed by atoms with E-state index >= 15 is 0 Å². The number of fused-ring (bicyclic) bond motifs is 1. The molecule has 2 aromatic carbocycles. The molecular formula is C22H19FN2O3S. The van der Waals surface area contributed by atoms with Crippen LogP contribution in [0.2, 0.25) is 0 Å². The zero-order chi connectivity index (χ0) is 20.6. The second-order valence-electron chi connectivity index (χ2n) is 6.93. The lowest BCUT2D eigenvalue weighted by molar-refractivity contribution is -0.149. The Kier molecular flexibility index (Phi) is 5.07. The first kappa shape index (κ1) is 19.5. The van der Waals surface area contributed by atoms with E-state index in [0.717, 1.165) is 0 Å². The van der Waals surface area contributed by atoms with E-state index in [2.05, 4.69) is 6.07 Å². The van der Waals surface area contributed by atoms with E-state index in [-0.39, 0.29) is 23.9 Å². The number of carbonyl (C=O) groups is 1. The van der Waals surface area contributed by atoms with Gasteiger partial charge in [-0.1, -0.05) is 24.3 Å². The summed E-state index contributed by atoms with van der Waals surface area (Å²) in [7, 11) is 0.